The third kappa shape index (κ3) is 3.85. The molecule has 0 spiro atoms. The molecule has 0 aromatic carbocycles. The van der Waals surface area contributed by atoms with Gasteiger partial charge in [-0.2, -0.15) is 10.5 Å². The number of carbonyl (C=O) groups is 2. The number of ketones is 2. The van der Waals surface area contributed by atoms with Gasteiger partial charge >= 0.3 is 0 Å². The standard InChI is InChI=1S/2C13H17NO2/c2*1-12(2)10(15)9(8-14)7-13(3)5-4-6-16-11(12)13/h2*7,11H,4-6H2,1-3H3/t2*11-,13-/m10/s1. The van der Waals surface area contributed by atoms with Gasteiger partial charge in [0.15, 0.2) is 11.6 Å². The van der Waals surface area contributed by atoms with Gasteiger partial charge in [0.05, 0.1) is 34.2 Å². The van der Waals surface area contributed by atoms with Crippen molar-refractivity contribution in [2.24, 2.45) is 21.7 Å². The molecule has 0 bridgehead atoms. The fourth-order valence-electron chi connectivity index (χ4n) is 6.20. The van der Waals surface area contributed by atoms with E-state index in [1.807, 2.05) is 52.0 Å². The van der Waals surface area contributed by atoms with Crippen molar-refractivity contribution in [1.29, 1.82) is 10.5 Å². The smallest absolute Gasteiger partial charge is 0.181 e. The zero-order valence-corrected chi connectivity index (χ0v) is 20.1. The maximum absolute atomic E-state index is 12.1. The Bertz CT molecular complexity index is 883. The third-order valence-corrected chi connectivity index (χ3v) is 7.65. The van der Waals surface area contributed by atoms with E-state index in [0.29, 0.717) is 24.4 Å². The second-order valence-corrected chi connectivity index (χ2v) is 11.2. The zero-order valence-electron chi connectivity index (χ0n) is 20.1. The maximum atomic E-state index is 12.1. The van der Waals surface area contributed by atoms with Crippen LogP contribution in [0.1, 0.15) is 67.2 Å². The van der Waals surface area contributed by atoms with Crippen molar-refractivity contribution in [1.82, 2.24) is 0 Å². The van der Waals surface area contributed by atoms with E-state index in [1.165, 1.54) is 0 Å². The summed E-state index contributed by atoms with van der Waals surface area (Å²) in [5.41, 5.74) is -0.908. The van der Waals surface area contributed by atoms with Crippen molar-refractivity contribution >= 4 is 11.6 Å². The molecule has 0 unspecified atom stereocenters. The maximum Gasteiger partial charge on any atom is 0.181 e. The van der Waals surface area contributed by atoms with E-state index in [4.69, 9.17) is 20.0 Å². The Labute approximate surface area is 191 Å². The Kier molecular flexibility index (Phi) is 6.28. The largest absolute Gasteiger partial charge is 0.376 e. The van der Waals surface area contributed by atoms with E-state index in [9.17, 15) is 9.59 Å². The van der Waals surface area contributed by atoms with Gasteiger partial charge in [-0.05, 0) is 53.4 Å². The van der Waals surface area contributed by atoms with Gasteiger partial charge in [-0.1, -0.05) is 26.0 Å². The van der Waals surface area contributed by atoms with Crippen molar-refractivity contribution < 1.29 is 19.1 Å². The highest BCUT2D eigenvalue weighted by Gasteiger charge is 2.54. The molecule has 0 amide bonds. The van der Waals surface area contributed by atoms with Gasteiger partial charge in [-0.15, -0.1) is 0 Å². The molecular formula is C26H34N2O4. The lowest BCUT2D eigenvalue weighted by atomic mass is 9.60. The molecule has 4 atom stereocenters. The molecule has 6 heteroatoms. The number of nitriles is 2. The van der Waals surface area contributed by atoms with Gasteiger partial charge in [0.1, 0.15) is 12.1 Å². The summed E-state index contributed by atoms with van der Waals surface area (Å²) in [5.74, 6) is -0.168. The van der Waals surface area contributed by atoms with Crippen molar-refractivity contribution in [2.45, 2.75) is 79.4 Å². The molecule has 6 nitrogen and oxygen atoms in total. The summed E-state index contributed by atoms with van der Waals surface area (Å²) in [7, 11) is 0. The summed E-state index contributed by atoms with van der Waals surface area (Å²) in [6, 6.07) is 4.05. The van der Waals surface area contributed by atoms with Crippen LogP contribution in [0.3, 0.4) is 0 Å². The lowest BCUT2D eigenvalue weighted by Crippen LogP contribution is -2.54. The molecule has 32 heavy (non-hydrogen) atoms. The molecule has 2 heterocycles. The molecular weight excluding hydrogens is 404 g/mol. The van der Waals surface area contributed by atoms with Gasteiger partial charge < -0.3 is 9.47 Å². The number of rotatable bonds is 0. The number of hydrogen-bond acceptors (Lipinski definition) is 6. The van der Waals surface area contributed by atoms with Crippen molar-refractivity contribution in [2.75, 3.05) is 13.2 Å². The van der Waals surface area contributed by atoms with Gasteiger partial charge in [0, 0.05) is 24.0 Å². The predicted octanol–water partition coefficient (Wildman–Crippen LogP) is 4.46. The van der Waals surface area contributed by atoms with Crippen LogP contribution in [0.4, 0.5) is 0 Å². The lowest BCUT2D eigenvalue weighted by molar-refractivity contribution is -0.152. The topological polar surface area (TPSA) is 100 Å². The Morgan fingerprint density at radius 2 is 1.09 bits per heavy atom. The Hall–Kier alpha value is -2.28. The van der Waals surface area contributed by atoms with Crippen molar-refractivity contribution in [3.8, 4) is 12.1 Å². The van der Waals surface area contributed by atoms with Crippen LogP contribution in [-0.2, 0) is 19.1 Å². The molecule has 0 radical (unpaired) electrons. The third-order valence-electron chi connectivity index (χ3n) is 7.65. The number of fused-ring (bicyclic) bond motifs is 2. The van der Waals surface area contributed by atoms with Crippen molar-refractivity contribution in [3.63, 3.8) is 0 Å². The molecule has 2 aliphatic carbocycles. The molecule has 172 valence electrons. The summed E-state index contributed by atoms with van der Waals surface area (Å²) < 4.78 is 11.6. The fourth-order valence-corrected chi connectivity index (χ4v) is 6.20. The number of allylic oxidation sites excluding steroid dienone is 2. The van der Waals surface area contributed by atoms with E-state index in [0.717, 1.165) is 25.7 Å². The SMILES string of the molecule is CC1(C)C(=O)C(C#N)=C[C@@]2(C)CCCO[C@H]12.CC1(C)C(=O)C(C#N)=C[C@]2(C)CCCO[C@@H]12. The Morgan fingerprint density at radius 3 is 1.41 bits per heavy atom. The van der Waals surface area contributed by atoms with Gasteiger partial charge in [-0.25, -0.2) is 0 Å². The molecule has 0 aromatic heterocycles. The highest BCUT2D eigenvalue weighted by Crippen LogP contribution is 2.50. The Balaban J connectivity index is 0.000000181. The molecule has 0 saturated carbocycles. The average molecular weight is 439 g/mol. The lowest BCUT2D eigenvalue weighted by Gasteiger charge is -2.49. The summed E-state index contributed by atoms with van der Waals surface area (Å²) in [6.07, 6.45) is 7.41. The molecule has 4 aliphatic rings. The van der Waals surface area contributed by atoms with E-state index in [2.05, 4.69) is 13.8 Å². The molecule has 4 rings (SSSR count). The number of ether oxygens (including phenoxy) is 2. The minimum Gasteiger partial charge on any atom is -0.376 e. The monoisotopic (exact) mass is 438 g/mol. The summed E-state index contributed by atoms with van der Waals surface area (Å²) in [6.45, 7) is 13.1. The van der Waals surface area contributed by atoms with Crippen LogP contribution < -0.4 is 0 Å². The van der Waals surface area contributed by atoms with Crippen LogP contribution in [0.25, 0.3) is 0 Å². The zero-order chi connectivity index (χ0) is 23.9. The van der Waals surface area contributed by atoms with E-state index < -0.39 is 10.8 Å². The van der Waals surface area contributed by atoms with E-state index >= 15 is 0 Å². The van der Waals surface area contributed by atoms with Crippen LogP contribution in [-0.4, -0.2) is 37.0 Å². The van der Waals surface area contributed by atoms with Crippen LogP contribution in [0.5, 0.6) is 0 Å². The highest BCUT2D eigenvalue weighted by atomic mass is 16.5. The highest BCUT2D eigenvalue weighted by molar-refractivity contribution is 6.05. The van der Waals surface area contributed by atoms with E-state index in [1.54, 1.807) is 0 Å². The number of hydrogen-bond donors (Lipinski definition) is 0. The fraction of sp³-hybridized carbons (Fsp3) is 0.692. The number of Topliss-reactive ketones (excluding diaryl/α,β-unsaturated/α-hetero) is 2. The first-order valence-electron chi connectivity index (χ1n) is 11.4. The molecule has 2 fully saturated rings. The molecule has 2 saturated heterocycles. The molecule has 2 aliphatic heterocycles. The molecule has 0 aromatic rings. The Morgan fingerprint density at radius 1 is 0.750 bits per heavy atom. The van der Waals surface area contributed by atoms with Gasteiger partial charge in [0.2, 0.25) is 0 Å². The van der Waals surface area contributed by atoms with Crippen LogP contribution >= 0.6 is 0 Å². The summed E-state index contributed by atoms with van der Waals surface area (Å²) >= 11 is 0. The average Bonchev–Trinajstić information content (AvgIpc) is 2.74. The second-order valence-electron chi connectivity index (χ2n) is 11.2. The predicted molar refractivity (Wildman–Crippen MR) is 119 cm³/mol. The summed E-state index contributed by atoms with van der Waals surface area (Å²) in [5, 5.41) is 18.0. The number of carbonyl (C=O) groups excluding carboxylic acids is 2. The van der Waals surface area contributed by atoms with E-state index in [-0.39, 0.29) is 34.6 Å². The molecule has 0 N–H and O–H groups in total. The first-order valence-corrected chi connectivity index (χ1v) is 11.4. The van der Waals surface area contributed by atoms with Crippen molar-refractivity contribution in [3.05, 3.63) is 23.3 Å². The first-order chi connectivity index (χ1) is 14.8. The minimum atomic E-state index is -0.588. The normalized spacial score (nSPS) is 37.2. The number of nitrogens with zero attached hydrogens (tertiary/aromatic N) is 2. The van der Waals surface area contributed by atoms with Crippen LogP contribution in [0.15, 0.2) is 23.3 Å². The van der Waals surface area contributed by atoms with Gasteiger partial charge in [-0.3, -0.25) is 9.59 Å². The second kappa shape index (κ2) is 8.25. The van der Waals surface area contributed by atoms with Crippen LogP contribution in [0, 0.1) is 44.3 Å². The minimum absolute atomic E-state index is 0.0839. The van der Waals surface area contributed by atoms with Gasteiger partial charge in [0.25, 0.3) is 0 Å². The quantitative estimate of drug-likeness (QED) is 0.553. The summed E-state index contributed by atoms with van der Waals surface area (Å²) in [4.78, 5) is 24.2. The first kappa shape index (κ1) is 24.4. The van der Waals surface area contributed by atoms with Crippen LogP contribution in [0.2, 0.25) is 0 Å².